The van der Waals surface area contributed by atoms with Gasteiger partial charge in [-0.2, -0.15) is 0 Å². The number of carbonyl (C=O) groups excluding carboxylic acids is 1. The third-order valence-electron chi connectivity index (χ3n) is 3.23. The summed E-state index contributed by atoms with van der Waals surface area (Å²) >= 11 is 10.9. The van der Waals surface area contributed by atoms with Crippen molar-refractivity contribution in [3.63, 3.8) is 0 Å². The van der Waals surface area contributed by atoms with Gasteiger partial charge in [-0.3, -0.25) is 4.79 Å². The Morgan fingerprint density at radius 1 is 1.50 bits per heavy atom. The Balaban J connectivity index is 2.00. The fourth-order valence-corrected chi connectivity index (χ4v) is 2.28. The van der Waals surface area contributed by atoms with Crippen molar-refractivity contribution in [2.75, 3.05) is 5.32 Å². The van der Waals surface area contributed by atoms with E-state index in [0.717, 1.165) is 12.8 Å². The molecule has 2 rings (SSSR count). The second-order valence-electron chi connectivity index (χ2n) is 4.61. The number of anilines is 1. The number of amides is 1. The minimum atomic E-state index is 0.0182. The van der Waals surface area contributed by atoms with E-state index in [1.165, 1.54) is 6.42 Å². The molecule has 0 aliphatic heterocycles. The van der Waals surface area contributed by atoms with Crippen molar-refractivity contribution < 1.29 is 4.79 Å². The number of carbonyl (C=O) groups is 1. The molecule has 1 aliphatic carbocycles. The Labute approximate surface area is 117 Å². The maximum atomic E-state index is 11.8. The highest BCUT2D eigenvalue weighted by Crippen LogP contribution is 2.30. The molecule has 1 saturated carbocycles. The first-order valence-corrected chi connectivity index (χ1v) is 6.74. The summed E-state index contributed by atoms with van der Waals surface area (Å²) in [5.74, 6) is 0.560. The number of halogens is 1. The molecule has 1 fully saturated rings. The van der Waals surface area contributed by atoms with Crippen LogP contribution in [0.3, 0.4) is 0 Å². The van der Waals surface area contributed by atoms with Crippen LogP contribution in [0.15, 0.2) is 18.2 Å². The highest BCUT2D eigenvalue weighted by Gasteiger charge is 2.20. The van der Waals surface area contributed by atoms with Crippen LogP contribution < -0.4 is 11.1 Å². The summed E-state index contributed by atoms with van der Waals surface area (Å²) in [5, 5.41) is 3.28. The second kappa shape index (κ2) is 5.67. The van der Waals surface area contributed by atoms with Gasteiger partial charge >= 0.3 is 0 Å². The number of nitrogens with one attached hydrogen (secondary N) is 1. The van der Waals surface area contributed by atoms with E-state index in [2.05, 4.69) is 5.32 Å². The lowest BCUT2D eigenvalue weighted by molar-refractivity contribution is -0.117. The minimum absolute atomic E-state index is 0.0182. The lowest BCUT2D eigenvalue weighted by Crippen LogP contribution is -2.21. The summed E-state index contributed by atoms with van der Waals surface area (Å²) in [6.45, 7) is 0. The molecule has 5 heteroatoms. The van der Waals surface area contributed by atoms with E-state index >= 15 is 0 Å². The van der Waals surface area contributed by atoms with Gasteiger partial charge in [-0.05, 0) is 37.0 Å². The van der Waals surface area contributed by atoms with E-state index in [-0.39, 0.29) is 5.91 Å². The minimum Gasteiger partial charge on any atom is -0.389 e. The number of thiocarbonyl (C=S) groups is 1. The first-order chi connectivity index (χ1) is 8.56. The molecule has 0 bridgehead atoms. The molecular weight excluding hydrogens is 268 g/mol. The lowest BCUT2D eigenvalue weighted by atomic mass is 9.83. The Morgan fingerprint density at radius 3 is 2.72 bits per heavy atom. The Morgan fingerprint density at radius 2 is 2.22 bits per heavy atom. The third-order valence-corrected chi connectivity index (χ3v) is 3.77. The molecule has 1 aliphatic rings. The average Bonchev–Trinajstić information content (AvgIpc) is 2.26. The normalized spacial score (nSPS) is 14.9. The van der Waals surface area contributed by atoms with Gasteiger partial charge in [0.25, 0.3) is 0 Å². The van der Waals surface area contributed by atoms with Crippen molar-refractivity contribution in [3.05, 3.63) is 28.8 Å². The van der Waals surface area contributed by atoms with Crippen LogP contribution in [0, 0.1) is 5.92 Å². The summed E-state index contributed by atoms with van der Waals surface area (Å²) in [4.78, 5) is 12.1. The van der Waals surface area contributed by atoms with Gasteiger partial charge in [0.05, 0.1) is 10.7 Å². The summed E-state index contributed by atoms with van der Waals surface area (Å²) in [7, 11) is 0. The van der Waals surface area contributed by atoms with Gasteiger partial charge < -0.3 is 11.1 Å². The second-order valence-corrected chi connectivity index (χ2v) is 5.46. The zero-order chi connectivity index (χ0) is 13.1. The van der Waals surface area contributed by atoms with Gasteiger partial charge in [-0.1, -0.05) is 30.2 Å². The van der Waals surface area contributed by atoms with E-state index in [0.29, 0.717) is 33.6 Å². The monoisotopic (exact) mass is 282 g/mol. The standard InChI is InChI=1S/C13H15ClN2OS/c14-10-7-9(13(15)18)4-5-11(10)16-12(17)6-8-2-1-3-8/h4-5,7-8H,1-3,6H2,(H2,15,18)(H,16,17). The summed E-state index contributed by atoms with van der Waals surface area (Å²) < 4.78 is 0. The van der Waals surface area contributed by atoms with Gasteiger partial charge in [0.1, 0.15) is 4.99 Å². The fourth-order valence-electron chi connectivity index (χ4n) is 1.93. The van der Waals surface area contributed by atoms with E-state index in [1.807, 2.05) is 0 Å². The topological polar surface area (TPSA) is 55.1 Å². The maximum Gasteiger partial charge on any atom is 0.224 e. The SMILES string of the molecule is NC(=S)c1ccc(NC(=O)CC2CCC2)c(Cl)c1. The fraction of sp³-hybridized carbons (Fsp3) is 0.385. The molecule has 0 saturated heterocycles. The van der Waals surface area contributed by atoms with Gasteiger partial charge in [0, 0.05) is 12.0 Å². The maximum absolute atomic E-state index is 11.8. The molecular formula is C13H15ClN2OS. The molecule has 96 valence electrons. The molecule has 0 heterocycles. The highest BCUT2D eigenvalue weighted by atomic mass is 35.5. The molecule has 3 N–H and O–H groups in total. The molecule has 1 aromatic carbocycles. The smallest absolute Gasteiger partial charge is 0.224 e. The predicted molar refractivity (Wildman–Crippen MR) is 77.9 cm³/mol. The van der Waals surface area contributed by atoms with Crippen molar-refractivity contribution >= 4 is 40.4 Å². The van der Waals surface area contributed by atoms with Crippen molar-refractivity contribution in [2.24, 2.45) is 11.7 Å². The molecule has 0 spiro atoms. The van der Waals surface area contributed by atoms with Crippen LogP contribution in [0.5, 0.6) is 0 Å². The largest absolute Gasteiger partial charge is 0.389 e. The van der Waals surface area contributed by atoms with Crippen LogP contribution in [-0.2, 0) is 4.79 Å². The number of hydrogen-bond acceptors (Lipinski definition) is 2. The van der Waals surface area contributed by atoms with E-state index < -0.39 is 0 Å². The molecule has 0 unspecified atom stereocenters. The van der Waals surface area contributed by atoms with Crippen LogP contribution in [0.2, 0.25) is 5.02 Å². The first-order valence-electron chi connectivity index (χ1n) is 5.95. The molecule has 0 radical (unpaired) electrons. The number of rotatable bonds is 4. The van der Waals surface area contributed by atoms with Crippen LogP contribution in [0.4, 0.5) is 5.69 Å². The molecule has 1 amide bonds. The predicted octanol–water partition coefficient (Wildman–Crippen LogP) is 3.10. The average molecular weight is 283 g/mol. The van der Waals surface area contributed by atoms with Gasteiger partial charge in [-0.25, -0.2) is 0 Å². The number of nitrogens with two attached hydrogens (primary N) is 1. The lowest BCUT2D eigenvalue weighted by Gasteiger charge is -2.24. The molecule has 0 atom stereocenters. The summed E-state index contributed by atoms with van der Waals surface area (Å²) in [5.41, 5.74) is 6.82. The van der Waals surface area contributed by atoms with E-state index in [4.69, 9.17) is 29.6 Å². The zero-order valence-corrected chi connectivity index (χ0v) is 11.5. The molecule has 3 nitrogen and oxygen atoms in total. The van der Waals surface area contributed by atoms with Crippen molar-refractivity contribution in [3.8, 4) is 0 Å². The van der Waals surface area contributed by atoms with E-state index in [9.17, 15) is 4.79 Å². The first kappa shape index (κ1) is 13.3. The molecule has 1 aromatic rings. The van der Waals surface area contributed by atoms with Crippen molar-refractivity contribution in [1.29, 1.82) is 0 Å². The molecule has 18 heavy (non-hydrogen) atoms. The Bertz CT molecular complexity index is 486. The third kappa shape index (κ3) is 3.21. The van der Waals surface area contributed by atoms with Crippen LogP contribution in [0.1, 0.15) is 31.2 Å². The van der Waals surface area contributed by atoms with Crippen LogP contribution in [0.25, 0.3) is 0 Å². The quantitative estimate of drug-likeness (QED) is 0.835. The number of benzene rings is 1. The van der Waals surface area contributed by atoms with Crippen molar-refractivity contribution in [1.82, 2.24) is 0 Å². The Kier molecular flexibility index (Phi) is 4.19. The van der Waals surface area contributed by atoms with Crippen LogP contribution >= 0.6 is 23.8 Å². The van der Waals surface area contributed by atoms with Gasteiger partial charge in [0.15, 0.2) is 0 Å². The summed E-state index contributed by atoms with van der Waals surface area (Å²) in [6, 6.07) is 5.16. The molecule has 0 aromatic heterocycles. The zero-order valence-electron chi connectivity index (χ0n) is 9.91. The Hall–Kier alpha value is -1.13. The summed E-state index contributed by atoms with van der Waals surface area (Å²) in [6.07, 6.45) is 4.12. The van der Waals surface area contributed by atoms with Crippen molar-refractivity contribution in [2.45, 2.75) is 25.7 Å². The van der Waals surface area contributed by atoms with E-state index in [1.54, 1.807) is 18.2 Å². The highest BCUT2D eigenvalue weighted by molar-refractivity contribution is 7.80. The van der Waals surface area contributed by atoms with Gasteiger partial charge in [0.2, 0.25) is 5.91 Å². The van der Waals surface area contributed by atoms with Gasteiger partial charge in [-0.15, -0.1) is 0 Å². The van der Waals surface area contributed by atoms with Crippen LogP contribution in [-0.4, -0.2) is 10.9 Å². The number of hydrogen-bond donors (Lipinski definition) is 2.